The average molecular weight is 339 g/mol. The van der Waals surface area contributed by atoms with Gasteiger partial charge >= 0.3 is 0 Å². The number of carbonyl (C=O) groups excluding carboxylic acids is 2. The average Bonchev–Trinajstić information content (AvgIpc) is 2.48. The second kappa shape index (κ2) is 7.10. The normalized spacial score (nSPS) is 16.9. The zero-order chi connectivity index (χ0) is 17.0. The van der Waals surface area contributed by atoms with Gasteiger partial charge in [0.05, 0.1) is 12.7 Å². The maximum atomic E-state index is 12.2. The van der Waals surface area contributed by atoms with Gasteiger partial charge in [-0.3, -0.25) is 9.59 Å². The highest BCUT2D eigenvalue weighted by Gasteiger charge is 2.28. The molecular formula is C15H21N3O4S. The van der Waals surface area contributed by atoms with E-state index in [-0.39, 0.29) is 18.2 Å². The van der Waals surface area contributed by atoms with E-state index in [0.29, 0.717) is 31.6 Å². The van der Waals surface area contributed by atoms with Crippen molar-refractivity contribution in [1.82, 2.24) is 4.31 Å². The van der Waals surface area contributed by atoms with Crippen LogP contribution in [0.4, 0.5) is 5.69 Å². The van der Waals surface area contributed by atoms with Crippen molar-refractivity contribution in [3.63, 3.8) is 0 Å². The quantitative estimate of drug-likeness (QED) is 0.805. The fourth-order valence-electron chi connectivity index (χ4n) is 2.60. The lowest BCUT2D eigenvalue weighted by Gasteiger charge is -2.29. The van der Waals surface area contributed by atoms with E-state index >= 15 is 0 Å². The molecule has 2 rings (SSSR count). The molecule has 1 aromatic carbocycles. The van der Waals surface area contributed by atoms with Gasteiger partial charge in [-0.1, -0.05) is 12.1 Å². The van der Waals surface area contributed by atoms with Crippen LogP contribution in [0.5, 0.6) is 0 Å². The van der Waals surface area contributed by atoms with Gasteiger partial charge in [0.15, 0.2) is 0 Å². The van der Waals surface area contributed by atoms with Crippen molar-refractivity contribution < 1.29 is 18.0 Å². The van der Waals surface area contributed by atoms with Gasteiger partial charge in [0, 0.05) is 24.7 Å². The maximum absolute atomic E-state index is 12.2. The van der Waals surface area contributed by atoms with Crippen molar-refractivity contribution in [2.75, 3.05) is 24.7 Å². The number of piperidine rings is 1. The highest BCUT2D eigenvalue weighted by Crippen LogP contribution is 2.21. The first kappa shape index (κ1) is 17.4. The SMILES string of the molecule is CS(=O)(=O)N1CCC(C(=O)Nc2ccc(CC(N)=O)cc2)CC1. The number of amides is 2. The van der Waals surface area contributed by atoms with Crippen LogP contribution in [0.25, 0.3) is 0 Å². The number of benzene rings is 1. The van der Waals surface area contributed by atoms with E-state index in [9.17, 15) is 18.0 Å². The molecule has 1 aliphatic rings. The molecule has 0 unspecified atom stereocenters. The predicted octanol–water partition coefficient (Wildman–Crippen LogP) is 0.325. The summed E-state index contributed by atoms with van der Waals surface area (Å²) in [6, 6.07) is 6.93. The fraction of sp³-hybridized carbons (Fsp3) is 0.467. The lowest BCUT2D eigenvalue weighted by molar-refractivity contribution is -0.121. The predicted molar refractivity (Wildman–Crippen MR) is 87.1 cm³/mol. The summed E-state index contributed by atoms with van der Waals surface area (Å²) in [5.74, 6) is -0.710. The van der Waals surface area contributed by atoms with Gasteiger partial charge in [0.1, 0.15) is 0 Å². The number of hydrogen-bond acceptors (Lipinski definition) is 4. The van der Waals surface area contributed by atoms with Gasteiger partial charge in [-0.25, -0.2) is 12.7 Å². The Labute approximate surface area is 135 Å². The highest BCUT2D eigenvalue weighted by atomic mass is 32.2. The number of primary amides is 1. The molecule has 0 saturated carbocycles. The van der Waals surface area contributed by atoms with Gasteiger partial charge in [-0.05, 0) is 30.5 Å². The van der Waals surface area contributed by atoms with E-state index in [1.54, 1.807) is 24.3 Å². The first-order chi connectivity index (χ1) is 10.8. The maximum Gasteiger partial charge on any atom is 0.227 e. The molecule has 126 valence electrons. The Hall–Kier alpha value is -1.93. The standard InChI is InChI=1S/C15H21N3O4S/c1-23(21,22)18-8-6-12(7-9-18)15(20)17-13-4-2-11(3-5-13)10-14(16)19/h2-5,12H,6-10H2,1H3,(H2,16,19)(H,17,20). The summed E-state index contributed by atoms with van der Waals surface area (Å²) in [6.45, 7) is 0.739. The monoisotopic (exact) mass is 339 g/mol. The zero-order valence-electron chi connectivity index (χ0n) is 13.0. The van der Waals surface area contributed by atoms with Crippen LogP contribution in [0.3, 0.4) is 0 Å². The lowest BCUT2D eigenvalue weighted by atomic mass is 9.97. The summed E-state index contributed by atoms with van der Waals surface area (Å²) in [4.78, 5) is 23.1. The molecule has 0 radical (unpaired) electrons. The van der Waals surface area contributed by atoms with Crippen LogP contribution in [-0.2, 0) is 26.0 Å². The van der Waals surface area contributed by atoms with Crippen molar-refractivity contribution in [3.05, 3.63) is 29.8 Å². The van der Waals surface area contributed by atoms with Crippen molar-refractivity contribution in [1.29, 1.82) is 0 Å². The number of nitrogens with two attached hydrogens (primary N) is 1. The Morgan fingerprint density at radius 3 is 2.26 bits per heavy atom. The van der Waals surface area contributed by atoms with Crippen LogP contribution in [-0.4, -0.2) is 43.9 Å². The third-order valence-corrected chi connectivity index (χ3v) is 5.20. The molecule has 1 fully saturated rings. The largest absolute Gasteiger partial charge is 0.369 e. The Morgan fingerprint density at radius 1 is 1.22 bits per heavy atom. The van der Waals surface area contributed by atoms with Crippen molar-refractivity contribution in [3.8, 4) is 0 Å². The smallest absolute Gasteiger partial charge is 0.227 e. The molecule has 2 amide bonds. The van der Waals surface area contributed by atoms with Gasteiger partial charge in [0.25, 0.3) is 0 Å². The molecule has 0 atom stereocenters. The summed E-state index contributed by atoms with van der Waals surface area (Å²) >= 11 is 0. The molecule has 23 heavy (non-hydrogen) atoms. The molecule has 8 heteroatoms. The first-order valence-corrected chi connectivity index (χ1v) is 9.24. The molecule has 1 aromatic rings. The molecule has 3 N–H and O–H groups in total. The van der Waals surface area contributed by atoms with Crippen LogP contribution < -0.4 is 11.1 Å². The number of nitrogens with one attached hydrogen (secondary N) is 1. The summed E-state index contributed by atoms with van der Waals surface area (Å²) in [5, 5.41) is 2.82. The van der Waals surface area contributed by atoms with E-state index < -0.39 is 15.9 Å². The Morgan fingerprint density at radius 2 is 1.78 bits per heavy atom. The molecule has 0 bridgehead atoms. The number of rotatable bonds is 5. The number of carbonyl (C=O) groups is 2. The molecule has 0 aromatic heterocycles. The molecule has 0 spiro atoms. The van der Waals surface area contributed by atoms with Crippen molar-refractivity contribution >= 4 is 27.5 Å². The van der Waals surface area contributed by atoms with Crippen molar-refractivity contribution in [2.24, 2.45) is 11.7 Å². The fourth-order valence-corrected chi connectivity index (χ4v) is 3.48. The Kier molecular flexibility index (Phi) is 5.38. The van der Waals surface area contributed by atoms with Gasteiger partial charge < -0.3 is 11.1 Å². The van der Waals surface area contributed by atoms with Gasteiger partial charge in [-0.2, -0.15) is 0 Å². The summed E-state index contributed by atoms with van der Waals surface area (Å²) < 4.78 is 24.3. The number of anilines is 1. The van der Waals surface area contributed by atoms with Crippen LogP contribution in [0.2, 0.25) is 0 Å². The van der Waals surface area contributed by atoms with Crippen LogP contribution in [0, 0.1) is 5.92 Å². The number of nitrogens with zero attached hydrogens (tertiary/aromatic N) is 1. The lowest BCUT2D eigenvalue weighted by Crippen LogP contribution is -2.40. The summed E-state index contributed by atoms with van der Waals surface area (Å²) in [7, 11) is -3.18. The topological polar surface area (TPSA) is 110 Å². The number of sulfonamides is 1. The highest BCUT2D eigenvalue weighted by molar-refractivity contribution is 7.88. The van der Waals surface area contributed by atoms with Gasteiger partial charge in [0.2, 0.25) is 21.8 Å². The minimum Gasteiger partial charge on any atom is -0.369 e. The third kappa shape index (κ3) is 5.04. The molecular weight excluding hydrogens is 318 g/mol. The van der Waals surface area contributed by atoms with Crippen LogP contribution >= 0.6 is 0 Å². The number of hydrogen-bond donors (Lipinski definition) is 2. The Bertz CT molecular complexity index is 677. The van der Waals surface area contributed by atoms with E-state index in [1.165, 1.54) is 10.6 Å². The minimum atomic E-state index is -3.18. The van der Waals surface area contributed by atoms with E-state index in [4.69, 9.17) is 5.73 Å². The van der Waals surface area contributed by atoms with Crippen LogP contribution in [0.1, 0.15) is 18.4 Å². The summed E-state index contributed by atoms with van der Waals surface area (Å²) in [5.41, 5.74) is 6.56. The van der Waals surface area contributed by atoms with Crippen LogP contribution in [0.15, 0.2) is 24.3 Å². The molecule has 1 saturated heterocycles. The Balaban J connectivity index is 1.89. The first-order valence-electron chi connectivity index (χ1n) is 7.39. The summed E-state index contributed by atoms with van der Waals surface area (Å²) in [6.07, 6.45) is 2.37. The zero-order valence-corrected chi connectivity index (χ0v) is 13.8. The molecule has 1 aliphatic heterocycles. The van der Waals surface area contributed by atoms with E-state index in [2.05, 4.69) is 5.32 Å². The van der Waals surface area contributed by atoms with E-state index in [0.717, 1.165) is 5.56 Å². The molecule has 7 nitrogen and oxygen atoms in total. The second-order valence-electron chi connectivity index (χ2n) is 5.77. The molecule has 0 aliphatic carbocycles. The third-order valence-electron chi connectivity index (χ3n) is 3.89. The minimum absolute atomic E-state index is 0.110. The van der Waals surface area contributed by atoms with Crippen molar-refractivity contribution in [2.45, 2.75) is 19.3 Å². The van der Waals surface area contributed by atoms with E-state index in [1.807, 2.05) is 0 Å². The molecule has 1 heterocycles. The second-order valence-corrected chi connectivity index (χ2v) is 7.75. The van der Waals surface area contributed by atoms with Gasteiger partial charge in [-0.15, -0.1) is 0 Å².